The van der Waals surface area contributed by atoms with Crippen LogP contribution in [0.1, 0.15) is 55.7 Å². The zero-order valence-corrected chi connectivity index (χ0v) is 22.7. The van der Waals surface area contributed by atoms with Crippen molar-refractivity contribution in [2.45, 2.75) is 51.9 Å². The van der Waals surface area contributed by atoms with E-state index in [-0.39, 0.29) is 17.9 Å². The topological polar surface area (TPSA) is 111 Å². The molecule has 10 nitrogen and oxygen atoms in total. The number of fused-ring (bicyclic) bond motifs is 2. The van der Waals surface area contributed by atoms with Gasteiger partial charge in [0.05, 0.1) is 11.1 Å². The van der Waals surface area contributed by atoms with E-state index in [0.717, 1.165) is 22.9 Å². The second kappa shape index (κ2) is 10.5. The first kappa shape index (κ1) is 25.7. The summed E-state index contributed by atoms with van der Waals surface area (Å²) >= 11 is 0. The van der Waals surface area contributed by atoms with E-state index in [4.69, 9.17) is 9.47 Å². The number of nitrogens with zero attached hydrogens (tertiary/aromatic N) is 6. The summed E-state index contributed by atoms with van der Waals surface area (Å²) in [4.78, 5) is 23.5. The molecule has 1 atom stereocenters. The van der Waals surface area contributed by atoms with Crippen LogP contribution in [0.15, 0.2) is 77.9 Å². The van der Waals surface area contributed by atoms with E-state index >= 15 is 0 Å². The molecule has 6 rings (SSSR count). The van der Waals surface area contributed by atoms with Crippen molar-refractivity contribution in [2.75, 3.05) is 6.79 Å². The van der Waals surface area contributed by atoms with Gasteiger partial charge in [-0.25, -0.2) is 4.68 Å². The highest BCUT2D eigenvalue weighted by atomic mass is 16.7. The van der Waals surface area contributed by atoms with Crippen molar-refractivity contribution in [1.82, 2.24) is 35.1 Å². The van der Waals surface area contributed by atoms with Gasteiger partial charge in [0.25, 0.3) is 5.56 Å². The van der Waals surface area contributed by atoms with Crippen LogP contribution in [-0.4, -0.2) is 41.9 Å². The van der Waals surface area contributed by atoms with Crippen molar-refractivity contribution in [2.24, 2.45) is 0 Å². The van der Waals surface area contributed by atoms with Crippen molar-refractivity contribution in [3.8, 4) is 11.5 Å². The van der Waals surface area contributed by atoms with Crippen molar-refractivity contribution < 1.29 is 9.47 Å². The van der Waals surface area contributed by atoms with Gasteiger partial charge in [-0.05, 0) is 60.0 Å². The molecule has 5 aromatic rings. The van der Waals surface area contributed by atoms with Gasteiger partial charge in [-0.2, -0.15) is 0 Å². The number of nitrogens with one attached hydrogen (secondary N) is 1. The van der Waals surface area contributed by atoms with E-state index < -0.39 is 6.04 Å². The Morgan fingerprint density at radius 3 is 2.52 bits per heavy atom. The minimum absolute atomic E-state index is 0.155. The maximum Gasteiger partial charge on any atom is 0.253 e. The maximum absolute atomic E-state index is 13.9. The van der Waals surface area contributed by atoms with Crippen molar-refractivity contribution >= 4 is 10.9 Å². The molecular formula is C30H31N7O3. The Bertz CT molecular complexity index is 1640. The predicted octanol–water partition coefficient (Wildman–Crippen LogP) is 4.58. The standard InChI is InChI=1S/C30H31N7O3/c1-4-30(2,3)37-28(33-34-35-37)27(23-13-22-14-25-26(40-19-39-25)15-24(22)32-29(23)38)36(17-20-9-6-5-7-10-20)18-21-11-8-12-31-16-21/h5-16,27H,4,17-19H2,1-3H3,(H,32,38)/t27-/m0/s1. The molecule has 0 amide bonds. The quantitative estimate of drug-likeness (QED) is 0.291. The summed E-state index contributed by atoms with van der Waals surface area (Å²) in [5.41, 5.74) is 2.73. The molecule has 0 radical (unpaired) electrons. The number of pyridine rings is 2. The molecule has 1 aliphatic rings. The molecule has 0 saturated carbocycles. The Morgan fingerprint density at radius 2 is 1.77 bits per heavy atom. The third kappa shape index (κ3) is 4.93. The van der Waals surface area contributed by atoms with Gasteiger partial charge in [0.2, 0.25) is 6.79 Å². The van der Waals surface area contributed by atoms with E-state index in [0.29, 0.717) is 41.5 Å². The number of hydrogen-bond acceptors (Lipinski definition) is 8. The van der Waals surface area contributed by atoms with Crippen LogP contribution >= 0.6 is 0 Å². The molecule has 0 aliphatic carbocycles. The molecular weight excluding hydrogens is 506 g/mol. The number of rotatable bonds is 9. The van der Waals surface area contributed by atoms with Crippen LogP contribution in [0.2, 0.25) is 0 Å². The average molecular weight is 538 g/mol. The molecule has 204 valence electrons. The van der Waals surface area contributed by atoms with E-state index in [1.807, 2.05) is 53.3 Å². The summed E-state index contributed by atoms with van der Waals surface area (Å²) in [6.45, 7) is 7.52. The zero-order chi connectivity index (χ0) is 27.7. The third-order valence-corrected chi connectivity index (χ3v) is 7.54. The first-order valence-corrected chi connectivity index (χ1v) is 13.3. The lowest BCUT2D eigenvalue weighted by molar-refractivity contribution is 0.174. The molecule has 10 heteroatoms. The lowest BCUT2D eigenvalue weighted by Gasteiger charge is -2.33. The molecule has 0 saturated heterocycles. The predicted molar refractivity (Wildman–Crippen MR) is 150 cm³/mol. The molecule has 0 fully saturated rings. The second-order valence-corrected chi connectivity index (χ2v) is 10.6. The smallest absolute Gasteiger partial charge is 0.253 e. The largest absolute Gasteiger partial charge is 0.454 e. The van der Waals surface area contributed by atoms with Crippen LogP contribution in [0.3, 0.4) is 0 Å². The monoisotopic (exact) mass is 537 g/mol. The first-order valence-electron chi connectivity index (χ1n) is 13.3. The van der Waals surface area contributed by atoms with E-state index in [1.54, 1.807) is 12.3 Å². The van der Waals surface area contributed by atoms with Gasteiger partial charge in [-0.15, -0.1) is 5.10 Å². The highest BCUT2D eigenvalue weighted by Gasteiger charge is 2.34. The molecule has 3 aromatic heterocycles. The molecule has 0 spiro atoms. The molecule has 1 aliphatic heterocycles. The van der Waals surface area contributed by atoms with Gasteiger partial charge < -0.3 is 14.5 Å². The van der Waals surface area contributed by atoms with Gasteiger partial charge in [0.1, 0.15) is 6.04 Å². The summed E-state index contributed by atoms with van der Waals surface area (Å²) in [7, 11) is 0. The Hall–Kier alpha value is -4.57. The zero-order valence-electron chi connectivity index (χ0n) is 22.7. The Balaban J connectivity index is 1.56. The Kier molecular flexibility index (Phi) is 6.77. The number of H-pyrrole nitrogens is 1. The Labute approximate surface area is 231 Å². The molecule has 1 N–H and O–H groups in total. The number of hydrogen-bond donors (Lipinski definition) is 1. The van der Waals surface area contributed by atoms with Crippen LogP contribution < -0.4 is 15.0 Å². The van der Waals surface area contributed by atoms with E-state index in [9.17, 15) is 4.79 Å². The number of ether oxygens (including phenoxy) is 2. The second-order valence-electron chi connectivity index (χ2n) is 10.6. The van der Waals surface area contributed by atoms with Crippen LogP contribution in [0.4, 0.5) is 0 Å². The molecule has 40 heavy (non-hydrogen) atoms. The van der Waals surface area contributed by atoms with Crippen molar-refractivity contribution in [3.05, 3.63) is 106 Å². The summed E-state index contributed by atoms with van der Waals surface area (Å²) in [6, 6.07) is 19.2. The van der Waals surface area contributed by atoms with Crippen LogP contribution in [0.25, 0.3) is 10.9 Å². The van der Waals surface area contributed by atoms with Gasteiger partial charge in [0, 0.05) is 42.5 Å². The van der Waals surface area contributed by atoms with Crippen molar-refractivity contribution in [1.29, 1.82) is 0 Å². The minimum atomic E-state index is -0.570. The summed E-state index contributed by atoms with van der Waals surface area (Å²) < 4.78 is 13.0. The molecule has 2 aromatic carbocycles. The lowest BCUT2D eigenvalue weighted by atomic mass is 9.98. The average Bonchev–Trinajstić information content (AvgIpc) is 3.63. The summed E-state index contributed by atoms with van der Waals surface area (Å²) in [5, 5.41) is 13.9. The van der Waals surface area contributed by atoms with Crippen LogP contribution in [0.5, 0.6) is 11.5 Å². The summed E-state index contributed by atoms with van der Waals surface area (Å²) in [6.07, 6.45) is 4.40. The lowest BCUT2D eigenvalue weighted by Crippen LogP contribution is -2.38. The van der Waals surface area contributed by atoms with E-state index in [1.165, 1.54) is 0 Å². The van der Waals surface area contributed by atoms with Crippen molar-refractivity contribution in [3.63, 3.8) is 0 Å². The molecule has 0 unspecified atom stereocenters. The molecule has 4 heterocycles. The van der Waals surface area contributed by atoms with E-state index in [2.05, 4.69) is 63.3 Å². The third-order valence-electron chi connectivity index (χ3n) is 7.54. The van der Waals surface area contributed by atoms with Crippen LogP contribution in [-0.2, 0) is 18.6 Å². The highest BCUT2D eigenvalue weighted by Crippen LogP contribution is 2.37. The number of aromatic amines is 1. The minimum Gasteiger partial charge on any atom is -0.454 e. The fourth-order valence-corrected chi connectivity index (χ4v) is 5.04. The van der Waals surface area contributed by atoms with Gasteiger partial charge in [-0.1, -0.05) is 43.3 Å². The Morgan fingerprint density at radius 1 is 1.02 bits per heavy atom. The fraction of sp³-hybridized carbons (Fsp3) is 0.300. The van der Waals surface area contributed by atoms with Crippen LogP contribution in [0, 0.1) is 0 Å². The highest BCUT2D eigenvalue weighted by molar-refractivity contribution is 5.83. The molecule has 0 bridgehead atoms. The summed E-state index contributed by atoms with van der Waals surface area (Å²) in [5.74, 6) is 1.86. The first-order chi connectivity index (χ1) is 19.4. The number of aromatic nitrogens is 6. The van der Waals surface area contributed by atoms with Gasteiger partial charge in [0.15, 0.2) is 17.3 Å². The number of tetrazole rings is 1. The normalized spacial score (nSPS) is 13.7. The van der Waals surface area contributed by atoms with Gasteiger partial charge >= 0.3 is 0 Å². The fourth-order valence-electron chi connectivity index (χ4n) is 5.04. The number of benzene rings is 2. The SMILES string of the molecule is CCC(C)(C)n1nnnc1[C@H](c1cc2cc3c(cc2[nH]c1=O)OCO3)N(Cc1ccccc1)Cc1cccnc1. The van der Waals surface area contributed by atoms with Gasteiger partial charge in [-0.3, -0.25) is 14.7 Å². The maximum atomic E-state index is 13.9.